The molecule has 1 fully saturated rings. The summed E-state index contributed by atoms with van der Waals surface area (Å²) in [4.78, 5) is 39.6. The van der Waals surface area contributed by atoms with E-state index in [1.807, 2.05) is 54.5 Å². The predicted octanol–water partition coefficient (Wildman–Crippen LogP) is 3.34. The van der Waals surface area contributed by atoms with Crippen molar-refractivity contribution in [3.63, 3.8) is 0 Å². The maximum atomic E-state index is 12.7. The molecule has 7 heteroatoms. The molecule has 154 valence electrons. The van der Waals surface area contributed by atoms with Gasteiger partial charge >= 0.3 is 0 Å². The third kappa shape index (κ3) is 5.44. The summed E-state index contributed by atoms with van der Waals surface area (Å²) < 4.78 is 0. The average Bonchev–Trinajstić information content (AvgIpc) is 3.25. The molecule has 0 spiro atoms. The highest BCUT2D eigenvalue weighted by molar-refractivity contribution is 7.12. The topological polar surface area (TPSA) is 78.5 Å². The Hall–Kier alpha value is -2.67. The first-order chi connectivity index (χ1) is 14.0. The van der Waals surface area contributed by atoms with Gasteiger partial charge in [0, 0.05) is 25.2 Å². The molecule has 0 radical (unpaired) electrons. The Labute approximate surface area is 175 Å². The van der Waals surface area contributed by atoms with Crippen molar-refractivity contribution in [3.05, 3.63) is 52.2 Å². The maximum Gasteiger partial charge on any atom is 0.262 e. The van der Waals surface area contributed by atoms with E-state index in [-0.39, 0.29) is 23.6 Å². The van der Waals surface area contributed by atoms with E-state index in [2.05, 4.69) is 10.6 Å². The molecule has 2 heterocycles. The minimum atomic E-state index is -0.614. The summed E-state index contributed by atoms with van der Waals surface area (Å²) >= 11 is 1.35. The number of amides is 3. The average molecular weight is 414 g/mol. The molecule has 1 aromatic carbocycles. The molecule has 1 aliphatic heterocycles. The number of piperidine rings is 1. The fourth-order valence-electron chi connectivity index (χ4n) is 3.37. The maximum absolute atomic E-state index is 12.7. The molecule has 0 saturated carbocycles. The third-order valence-corrected chi connectivity index (χ3v) is 5.86. The molecule has 1 aliphatic rings. The van der Waals surface area contributed by atoms with Crippen LogP contribution in [0.15, 0.2) is 41.8 Å². The molecule has 29 heavy (non-hydrogen) atoms. The Morgan fingerprint density at radius 2 is 2.00 bits per heavy atom. The molecule has 3 amide bonds. The highest BCUT2D eigenvalue weighted by atomic mass is 32.1. The second-order valence-corrected chi connectivity index (χ2v) is 8.51. The van der Waals surface area contributed by atoms with E-state index < -0.39 is 6.04 Å². The molecule has 3 rings (SSSR count). The van der Waals surface area contributed by atoms with Crippen LogP contribution < -0.4 is 15.5 Å². The van der Waals surface area contributed by atoms with Gasteiger partial charge in [0.25, 0.3) is 5.91 Å². The number of anilines is 1. The second kappa shape index (κ2) is 9.69. The van der Waals surface area contributed by atoms with Crippen molar-refractivity contribution in [2.24, 2.45) is 5.92 Å². The molecule has 2 aromatic rings. The molecule has 6 nitrogen and oxygen atoms in total. The molecular weight excluding hydrogens is 386 g/mol. The summed E-state index contributed by atoms with van der Waals surface area (Å²) in [6.07, 6.45) is 2.53. The number of thiophene rings is 1. The number of rotatable bonds is 7. The van der Waals surface area contributed by atoms with Crippen LogP contribution in [0.4, 0.5) is 5.69 Å². The predicted molar refractivity (Wildman–Crippen MR) is 115 cm³/mol. The summed E-state index contributed by atoms with van der Waals surface area (Å²) in [6.45, 7) is 4.88. The van der Waals surface area contributed by atoms with Gasteiger partial charge in [0.15, 0.2) is 0 Å². The summed E-state index contributed by atoms with van der Waals surface area (Å²) in [6, 6.07) is 10.6. The van der Waals surface area contributed by atoms with Gasteiger partial charge in [-0.15, -0.1) is 11.3 Å². The monoisotopic (exact) mass is 413 g/mol. The molecular formula is C22H27N3O3S. The van der Waals surface area contributed by atoms with Crippen LogP contribution in [0.1, 0.15) is 48.3 Å². The Morgan fingerprint density at radius 3 is 2.69 bits per heavy atom. The van der Waals surface area contributed by atoms with E-state index >= 15 is 0 Å². The van der Waals surface area contributed by atoms with E-state index in [1.165, 1.54) is 11.3 Å². The zero-order valence-electron chi connectivity index (χ0n) is 16.8. The van der Waals surface area contributed by atoms with Crippen molar-refractivity contribution in [1.82, 2.24) is 10.6 Å². The normalized spacial score (nSPS) is 15.3. The molecule has 1 saturated heterocycles. The fourth-order valence-corrected chi connectivity index (χ4v) is 3.99. The number of hydrogen-bond acceptors (Lipinski definition) is 4. The summed E-state index contributed by atoms with van der Waals surface area (Å²) in [5, 5.41) is 7.58. The summed E-state index contributed by atoms with van der Waals surface area (Å²) in [7, 11) is 0. The van der Waals surface area contributed by atoms with E-state index in [9.17, 15) is 14.4 Å². The van der Waals surface area contributed by atoms with E-state index in [0.29, 0.717) is 17.8 Å². The zero-order chi connectivity index (χ0) is 20.8. The number of nitrogens with zero attached hydrogens (tertiary/aromatic N) is 1. The van der Waals surface area contributed by atoms with Crippen LogP contribution in [-0.2, 0) is 16.1 Å². The molecule has 0 aliphatic carbocycles. The molecule has 1 atom stereocenters. The van der Waals surface area contributed by atoms with Gasteiger partial charge in [-0.3, -0.25) is 14.4 Å². The van der Waals surface area contributed by atoms with Crippen molar-refractivity contribution in [2.45, 2.75) is 45.7 Å². The van der Waals surface area contributed by atoms with Crippen LogP contribution in [0.3, 0.4) is 0 Å². The van der Waals surface area contributed by atoms with Gasteiger partial charge in [-0.25, -0.2) is 0 Å². The number of carbonyl (C=O) groups excluding carboxylic acids is 3. The van der Waals surface area contributed by atoms with Crippen molar-refractivity contribution >= 4 is 34.7 Å². The lowest BCUT2D eigenvalue weighted by Gasteiger charge is -2.27. The molecule has 1 aromatic heterocycles. The fraction of sp³-hybridized carbons (Fsp3) is 0.409. The number of hydrogen-bond donors (Lipinski definition) is 2. The first-order valence-electron chi connectivity index (χ1n) is 9.97. The lowest BCUT2D eigenvalue weighted by Crippen LogP contribution is -2.49. The number of benzene rings is 1. The van der Waals surface area contributed by atoms with Crippen molar-refractivity contribution < 1.29 is 14.4 Å². The van der Waals surface area contributed by atoms with Crippen LogP contribution >= 0.6 is 11.3 Å². The SMILES string of the molecule is CC(C)C(NC(=O)c1cccs1)C(=O)NCc1cccc(N2CCCCC2=O)c1. The molecule has 2 N–H and O–H groups in total. The quantitative estimate of drug-likeness (QED) is 0.731. The standard InChI is InChI=1S/C22H27N3O3S/c1-15(2)20(24-21(27)18-9-6-12-29-18)22(28)23-14-16-7-5-8-17(13-16)25-11-4-3-10-19(25)26/h5-9,12-13,15,20H,3-4,10-11,14H2,1-2H3,(H,23,28)(H,24,27). The van der Waals surface area contributed by atoms with Crippen molar-refractivity contribution in [2.75, 3.05) is 11.4 Å². The highest BCUT2D eigenvalue weighted by Gasteiger charge is 2.25. The van der Waals surface area contributed by atoms with Crippen LogP contribution in [-0.4, -0.2) is 30.3 Å². The van der Waals surface area contributed by atoms with Crippen molar-refractivity contribution in [3.8, 4) is 0 Å². The first kappa shape index (κ1) is 21.0. The first-order valence-corrected chi connectivity index (χ1v) is 10.8. The Balaban J connectivity index is 1.61. The zero-order valence-corrected chi connectivity index (χ0v) is 17.6. The van der Waals surface area contributed by atoms with Gasteiger partial charge in [0.1, 0.15) is 6.04 Å². The molecule has 1 unspecified atom stereocenters. The minimum absolute atomic E-state index is 0.0452. The van der Waals surface area contributed by atoms with Crippen LogP contribution in [0.2, 0.25) is 0 Å². The lowest BCUT2D eigenvalue weighted by molar-refractivity contribution is -0.124. The summed E-state index contributed by atoms with van der Waals surface area (Å²) in [5.41, 5.74) is 1.79. The molecule has 0 bridgehead atoms. The van der Waals surface area contributed by atoms with Gasteiger partial charge in [0.05, 0.1) is 4.88 Å². The minimum Gasteiger partial charge on any atom is -0.350 e. The lowest BCUT2D eigenvalue weighted by atomic mass is 10.0. The highest BCUT2D eigenvalue weighted by Crippen LogP contribution is 2.22. The van der Waals surface area contributed by atoms with E-state index in [0.717, 1.165) is 30.6 Å². The Kier molecular flexibility index (Phi) is 7.04. The number of nitrogens with one attached hydrogen (secondary N) is 2. The van der Waals surface area contributed by atoms with Gasteiger partial charge in [-0.05, 0) is 47.9 Å². The summed E-state index contributed by atoms with van der Waals surface area (Å²) in [5.74, 6) is -0.353. The Bertz CT molecular complexity index is 864. The van der Waals surface area contributed by atoms with Crippen molar-refractivity contribution in [1.29, 1.82) is 0 Å². The third-order valence-electron chi connectivity index (χ3n) is 4.99. The largest absolute Gasteiger partial charge is 0.350 e. The number of carbonyl (C=O) groups is 3. The van der Waals surface area contributed by atoms with Gasteiger partial charge in [-0.2, -0.15) is 0 Å². The second-order valence-electron chi connectivity index (χ2n) is 7.56. The van der Waals surface area contributed by atoms with Gasteiger partial charge < -0.3 is 15.5 Å². The van der Waals surface area contributed by atoms with E-state index in [4.69, 9.17) is 0 Å². The van der Waals surface area contributed by atoms with Crippen LogP contribution in [0.25, 0.3) is 0 Å². The van der Waals surface area contributed by atoms with Crippen LogP contribution in [0, 0.1) is 5.92 Å². The smallest absolute Gasteiger partial charge is 0.262 e. The van der Waals surface area contributed by atoms with E-state index in [1.54, 1.807) is 6.07 Å². The Morgan fingerprint density at radius 1 is 1.17 bits per heavy atom. The van der Waals surface area contributed by atoms with Gasteiger partial charge in [-0.1, -0.05) is 32.0 Å². The van der Waals surface area contributed by atoms with Gasteiger partial charge in [0.2, 0.25) is 11.8 Å². The van der Waals surface area contributed by atoms with Crippen LogP contribution in [0.5, 0.6) is 0 Å².